The van der Waals surface area contributed by atoms with Crippen molar-refractivity contribution in [2.75, 3.05) is 72.3 Å². The first kappa shape index (κ1) is 21.7. The van der Waals surface area contributed by atoms with E-state index in [0.717, 1.165) is 34.5 Å². The third-order valence-corrected chi connectivity index (χ3v) is 6.60. The second kappa shape index (κ2) is 18.7. The standard InChI is InChI=1S/C13H29NOS5/c15-5-11-18-8-1-2-14(3-9-19-12-6-16)4-10-20-13-7-17/h15-17H,1-13H2. The molecule has 2 nitrogen and oxygen atoms in total. The van der Waals surface area contributed by atoms with Gasteiger partial charge >= 0.3 is 0 Å². The van der Waals surface area contributed by atoms with Crippen LogP contribution in [0.2, 0.25) is 0 Å². The van der Waals surface area contributed by atoms with Gasteiger partial charge in [-0.1, -0.05) is 0 Å². The van der Waals surface area contributed by atoms with Gasteiger partial charge in [-0.25, -0.2) is 0 Å². The van der Waals surface area contributed by atoms with E-state index in [4.69, 9.17) is 5.11 Å². The summed E-state index contributed by atoms with van der Waals surface area (Å²) in [6.07, 6.45) is 1.22. The number of nitrogens with zero attached hydrogens (tertiary/aromatic N) is 1. The topological polar surface area (TPSA) is 23.5 Å². The van der Waals surface area contributed by atoms with Crippen LogP contribution < -0.4 is 0 Å². The van der Waals surface area contributed by atoms with Crippen molar-refractivity contribution in [3.05, 3.63) is 0 Å². The van der Waals surface area contributed by atoms with Crippen molar-refractivity contribution in [2.45, 2.75) is 6.42 Å². The van der Waals surface area contributed by atoms with Gasteiger partial charge in [0.2, 0.25) is 0 Å². The zero-order chi connectivity index (χ0) is 14.9. The highest BCUT2D eigenvalue weighted by Crippen LogP contribution is 2.08. The smallest absolute Gasteiger partial charge is 0.0521 e. The molecular formula is C13H29NOS5. The average Bonchev–Trinajstić information content (AvgIpc) is 2.47. The van der Waals surface area contributed by atoms with Gasteiger partial charge in [0.05, 0.1) is 6.61 Å². The Labute approximate surface area is 148 Å². The van der Waals surface area contributed by atoms with Crippen LogP contribution in [0.1, 0.15) is 6.42 Å². The Morgan fingerprint density at radius 2 is 1.25 bits per heavy atom. The zero-order valence-electron chi connectivity index (χ0n) is 12.2. The van der Waals surface area contributed by atoms with Crippen LogP contribution in [0.15, 0.2) is 0 Å². The Balaban J connectivity index is 3.67. The lowest BCUT2D eigenvalue weighted by Gasteiger charge is -2.22. The van der Waals surface area contributed by atoms with E-state index < -0.39 is 0 Å². The van der Waals surface area contributed by atoms with Crippen molar-refractivity contribution in [3.8, 4) is 0 Å². The van der Waals surface area contributed by atoms with Gasteiger partial charge < -0.3 is 10.0 Å². The molecule has 0 aromatic rings. The molecule has 0 fully saturated rings. The van der Waals surface area contributed by atoms with Crippen LogP contribution in [-0.2, 0) is 0 Å². The minimum Gasteiger partial charge on any atom is -0.396 e. The number of thioether (sulfide) groups is 3. The second-order valence-corrected chi connectivity index (χ2v) is 8.77. The summed E-state index contributed by atoms with van der Waals surface area (Å²) in [5, 5.41) is 8.76. The Morgan fingerprint density at radius 1 is 0.700 bits per heavy atom. The third-order valence-electron chi connectivity index (χ3n) is 2.57. The van der Waals surface area contributed by atoms with Crippen LogP contribution >= 0.6 is 60.5 Å². The molecule has 20 heavy (non-hydrogen) atoms. The number of aliphatic hydroxyl groups excluding tert-OH is 1. The monoisotopic (exact) mass is 375 g/mol. The van der Waals surface area contributed by atoms with E-state index in [-0.39, 0.29) is 0 Å². The Kier molecular flexibility index (Phi) is 20.3. The number of hydrogen-bond donors (Lipinski definition) is 3. The van der Waals surface area contributed by atoms with Gasteiger partial charge in [-0.05, 0) is 30.2 Å². The predicted octanol–water partition coefficient (Wildman–Crippen LogP) is 2.73. The van der Waals surface area contributed by atoms with E-state index >= 15 is 0 Å². The Morgan fingerprint density at radius 3 is 1.75 bits per heavy atom. The summed E-state index contributed by atoms with van der Waals surface area (Å²) in [5.41, 5.74) is 0. The molecular weight excluding hydrogens is 346 g/mol. The number of rotatable bonds is 16. The molecule has 0 aliphatic carbocycles. The molecule has 0 aliphatic rings. The van der Waals surface area contributed by atoms with Crippen molar-refractivity contribution < 1.29 is 5.11 Å². The highest BCUT2D eigenvalue weighted by Gasteiger charge is 2.04. The van der Waals surface area contributed by atoms with Crippen LogP contribution in [0.3, 0.4) is 0 Å². The fourth-order valence-corrected chi connectivity index (χ4v) is 4.49. The summed E-state index contributed by atoms with van der Waals surface area (Å²) in [7, 11) is 0. The predicted molar refractivity (Wildman–Crippen MR) is 108 cm³/mol. The third kappa shape index (κ3) is 16.0. The summed E-state index contributed by atoms with van der Waals surface area (Å²) in [5.74, 6) is 8.69. The minimum atomic E-state index is 0.301. The molecule has 1 N–H and O–H groups in total. The highest BCUT2D eigenvalue weighted by atomic mass is 32.2. The normalized spacial score (nSPS) is 11.4. The lowest BCUT2D eigenvalue weighted by molar-refractivity contribution is 0.310. The van der Waals surface area contributed by atoms with Gasteiger partial charge in [0.1, 0.15) is 0 Å². The molecule has 122 valence electrons. The first-order chi connectivity index (χ1) is 9.85. The molecule has 0 saturated heterocycles. The van der Waals surface area contributed by atoms with E-state index in [1.54, 1.807) is 0 Å². The SMILES string of the molecule is OCCSCCCN(CCSCCS)CCSCCS. The first-order valence-electron chi connectivity index (χ1n) is 7.13. The summed E-state index contributed by atoms with van der Waals surface area (Å²) in [6.45, 7) is 3.85. The lowest BCUT2D eigenvalue weighted by Crippen LogP contribution is -2.30. The molecule has 0 aliphatic heterocycles. The van der Waals surface area contributed by atoms with E-state index in [1.165, 1.54) is 37.6 Å². The molecule has 0 radical (unpaired) electrons. The van der Waals surface area contributed by atoms with Gasteiger partial charge in [-0.15, -0.1) is 0 Å². The maximum absolute atomic E-state index is 8.76. The van der Waals surface area contributed by atoms with Crippen molar-refractivity contribution >= 4 is 60.5 Å². The quantitative estimate of drug-likeness (QED) is 0.284. The van der Waals surface area contributed by atoms with Crippen LogP contribution in [0.5, 0.6) is 0 Å². The fraction of sp³-hybridized carbons (Fsp3) is 1.00. The van der Waals surface area contributed by atoms with Crippen LogP contribution in [0.25, 0.3) is 0 Å². The number of hydrogen-bond acceptors (Lipinski definition) is 7. The summed E-state index contributed by atoms with van der Waals surface area (Å²) in [6, 6.07) is 0. The maximum atomic E-state index is 8.76. The molecule has 0 aromatic heterocycles. The van der Waals surface area contributed by atoms with Crippen LogP contribution in [0, 0.1) is 0 Å². The van der Waals surface area contributed by atoms with Gasteiger partial charge in [0, 0.05) is 41.9 Å². The summed E-state index contributed by atoms with van der Waals surface area (Å²) >= 11 is 14.3. The number of aliphatic hydroxyl groups is 1. The second-order valence-electron chi connectivity index (χ2n) is 4.20. The van der Waals surface area contributed by atoms with Crippen LogP contribution in [0.4, 0.5) is 0 Å². The Hall–Kier alpha value is 1.67. The van der Waals surface area contributed by atoms with E-state index in [9.17, 15) is 0 Å². The maximum Gasteiger partial charge on any atom is 0.0521 e. The molecule has 7 heteroatoms. The van der Waals surface area contributed by atoms with Crippen molar-refractivity contribution in [2.24, 2.45) is 0 Å². The van der Waals surface area contributed by atoms with E-state index in [0.29, 0.717) is 6.61 Å². The summed E-state index contributed by atoms with van der Waals surface area (Å²) in [4.78, 5) is 2.58. The fourth-order valence-electron chi connectivity index (χ4n) is 1.61. The van der Waals surface area contributed by atoms with Gasteiger partial charge in [0.15, 0.2) is 0 Å². The molecule has 0 spiro atoms. The van der Waals surface area contributed by atoms with Gasteiger partial charge in [-0.2, -0.15) is 60.5 Å². The Bertz CT molecular complexity index is 176. The molecule has 0 atom stereocenters. The first-order valence-corrected chi connectivity index (χ1v) is 11.9. The van der Waals surface area contributed by atoms with Crippen molar-refractivity contribution in [3.63, 3.8) is 0 Å². The number of thiol groups is 2. The molecule has 0 saturated carbocycles. The largest absolute Gasteiger partial charge is 0.396 e. The molecule has 0 heterocycles. The molecule has 0 amide bonds. The van der Waals surface area contributed by atoms with E-state index in [1.807, 2.05) is 35.3 Å². The van der Waals surface area contributed by atoms with E-state index in [2.05, 4.69) is 30.2 Å². The van der Waals surface area contributed by atoms with Crippen molar-refractivity contribution in [1.82, 2.24) is 4.90 Å². The van der Waals surface area contributed by atoms with Crippen LogP contribution in [-0.4, -0.2) is 82.3 Å². The molecule has 0 bridgehead atoms. The molecule has 0 rings (SSSR count). The summed E-state index contributed by atoms with van der Waals surface area (Å²) < 4.78 is 0. The lowest BCUT2D eigenvalue weighted by atomic mass is 10.4. The molecule has 0 unspecified atom stereocenters. The minimum absolute atomic E-state index is 0.301. The van der Waals surface area contributed by atoms with Gasteiger partial charge in [0.25, 0.3) is 0 Å². The zero-order valence-corrected chi connectivity index (χ0v) is 16.4. The highest BCUT2D eigenvalue weighted by molar-refractivity contribution is 8.00. The van der Waals surface area contributed by atoms with Gasteiger partial charge in [-0.3, -0.25) is 0 Å². The molecule has 0 aromatic carbocycles. The average molecular weight is 376 g/mol. The van der Waals surface area contributed by atoms with Crippen molar-refractivity contribution in [1.29, 1.82) is 0 Å².